The van der Waals surface area contributed by atoms with Crippen LogP contribution in [0.3, 0.4) is 0 Å². The molecule has 1 saturated heterocycles. The number of nitrogens with zero attached hydrogens (tertiary/aromatic N) is 1. The summed E-state index contributed by atoms with van der Waals surface area (Å²) in [4.78, 5) is 12.2. The van der Waals surface area contributed by atoms with Gasteiger partial charge in [-0.05, 0) is 24.3 Å². The van der Waals surface area contributed by atoms with Crippen molar-refractivity contribution in [2.45, 2.75) is 5.09 Å². The van der Waals surface area contributed by atoms with E-state index in [1.54, 1.807) is 0 Å². The van der Waals surface area contributed by atoms with E-state index in [9.17, 15) is 13.2 Å². The van der Waals surface area contributed by atoms with E-state index in [0.29, 0.717) is 13.2 Å². The fraction of sp³-hybridized carbons (Fsp3) is 0.267. The molecule has 0 spiro atoms. The van der Waals surface area contributed by atoms with Crippen molar-refractivity contribution < 1.29 is 27.1 Å². The molecule has 0 bridgehead atoms. The van der Waals surface area contributed by atoms with Crippen LogP contribution >= 0.6 is 34.8 Å². The molecule has 0 radical (unpaired) electrons. The maximum absolute atomic E-state index is 12.5. The van der Waals surface area contributed by atoms with Gasteiger partial charge in [-0.25, -0.2) is 13.2 Å². The third-order valence-corrected chi connectivity index (χ3v) is 6.06. The monoisotopic (exact) mass is 439 g/mol. The molecule has 1 aliphatic heterocycles. The number of ether oxygens (including phenoxy) is 2. The minimum absolute atomic E-state index is 0.0311. The normalized spacial score (nSPS) is 15.8. The van der Waals surface area contributed by atoms with Gasteiger partial charge in [0.05, 0.1) is 23.3 Å². The standard InChI is InChI=1S/C15H12Cl3NO6S/c16-9-7-10(17)14(11(18)8-9)25-15(20)12-1-2-13(24-12)26(21,22)19-3-5-23-6-4-19/h1-2,7-8H,3-6H2. The predicted octanol–water partition coefficient (Wildman–Crippen LogP) is 3.48. The van der Waals surface area contributed by atoms with Gasteiger partial charge in [-0.1, -0.05) is 34.8 Å². The van der Waals surface area contributed by atoms with Crippen LogP contribution in [0, 0.1) is 0 Å². The van der Waals surface area contributed by atoms with Crippen LogP contribution in [0.25, 0.3) is 0 Å². The zero-order valence-corrected chi connectivity index (χ0v) is 16.2. The van der Waals surface area contributed by atoms with Crippen molar-refractivity contribution in [3.63, 3.8) is 0 Å². The summed E-state index contributed by atoms with van der Waals surface area (Å²) < 4.78 is 41.6. The molecular formula is C15H12Cl3NO6S. The first-order valence-electron chi connectivity index (χ1n) is 7.33. The second-order valence-corrected chi connectivity index (χ2v) is 8.34. The Morgan fingerprint density at radius 2 is 1.69 bits per heavy atom. The van der Waals surface area contributed by atoms with Crippen LogP contribution in [0.1, 0.15) is 10.6 Å². The first-order valence-corrected chi connectivity index (χ1v) is 9.91. The number of rotatable bonds is 4. The first-order chi connectivity index (χ1) is 12.3. The minimum Gasteiger partial charge on any atom is -0.436 e. The van der Waals surface area contributed by atoms with Gasteiger partial charge < -0.3 is 13.9 Å². The van der Waals surface area contributed by atoms with Crippen molar-refractivity contribution in [1.82, 2.24) is 4.31 Å². The van der Waals surface area contributed by atoms with Gasteiger partial charge in [0, 0.05) is 18.1 Å². The lowest BCUT2D eigenvalue weighted by molar-refractivity contribution is 0.0686. The lowest BCUT2D eigenvalue weighted by Crippen LogP contribution is -2.40. The Balaban J connectivity index is 1.80. The van der Waals surface area contributed by atoms with Gasteiger partial charge >= 0.3 is 5.97 Å². The van der Waals surface area contributed by atoms with Gasteiger partial charge in [0.1, 0.15) is 0 Å². The fourth-order valence-electron chi connectivity index (χ4n) is 2.25. The van der Waals surface area contributed by atoms with E-state index in [1.165, 1.54) is 28.6 Å². The van der Waals surface area contributed by atoms with Gasteiger partial charge in [0.2, 0.25) is 10.9 Å². The zero-order chi connectivity index (χ0) is 18.9. The Morgan fingerprint density at radius 3 is 2.31 bits per heavy atom. The summed E-state index contributed by atoms with van der Waals surface area (Å²) in [6.07, 6.45) is 0. The number of benzene rings is 1. The Hall–Kier alpha value is -1.29. The van der Waals surface area contributed by atoms with E-state index in [0.717, 1.165) is 0 Å². The van der Waals surface area contributed by atoms with E-state index in [1.807, 2.05) is 0 Å². The van der Waals surface area contributed by atoms with Crippen LogP contribution in [0.15, 0.2) is 33.8 Å². The van der Waals surface area contributed by atoms with Gasteiger partial charge in [0.25, 0.3) is 10.0 Å². The molecule has 1 aromatic heterocycles. The van der Waals surface area contributed by atoms with Crippen molar-refractivity contribution in [3.05, 3.63) is 45.1 Å². The van der Waals surface area contributed by atoms with Crippen LogP contribution in [-0.4, -0.2) is 45.0 Å². The quantitative estimate of drug-likeness (QED) is 0.534. The van der Waals surface area contributed by atoms with Gasteiger partial charge in [-0.3, -0.25) is 0 Å². The molecule has 11 heteroatoms. The Morgan fingerprint density at radius 1 is 1.08 bits per heavy atom. The third-order valence-electron chi connectivity index (χ3n) is 3.50. The molecule has 0 N–H and O–H groups in total. The third kappa shape index (κ3) is 4.00. The molecule has 1 fully saturated rings. The number of esters is 1. The number of sulfonamides is 1. The highest BCUT2D eigenvalue weighted by atomic mass is 35.5. The molecule has 0 unspecified atom stereocenters. The number of hydrogen-bond donors (Lipinski definition) is 0. The highest BCUT2D eigenvalue weighted by Crippen LogP contribution is 2.36. The Bertz CT molecular complexity index is 914. The zero-order valence-electron chi connectivity index (χ0n) is 13.1. The first kappa shape index (κ1) is 19.5. The van der Waals surface area contributed by atoms with Gasteiger partial charge in [0.15, 0.2) is 5.75 Å². The molecular weight excluding hydrogens is 429 g/mol. The number of furan rings is 1. The maximum Gasteiger partial charge on any atom is 0.379 e. The summed E-state index contributed by atoms with van der Waals surface area (Å²) in [7, 11) is -3.86. The molecule has 2 aromatic rings. The summed E-state index contributed by atoms with van der Waals surface area (Å²) in [6.45, 7) is 1.00. The number of morpholine rings is 1. The van der Waals surface area contributed by atoms with Crippen LogP contribution in [0.2, 0.25) is 15.1 Å². The highest BCUT2D eigenvalue weighted by Gasteiger charge is 2.30. The maximum atomic E-state index is 12.5. The van der Waals surface area contributed by atoms with Crippen LogP contribution in [0.4, 0.5) is 0 Å². The van der Waals surface area contributed by atoms with Crippen LogP contribution in [-0.2, 0) is 14.8 Å². The molecule has 3 rings (SSSR count). The number of carbonyl (C=O) groups excluding carboxylic acids is 1. The van der Waals surface area contributed by atoms with E-state index in [4.69, 9.17) is 48.7 Å². The van der Waals surface area contributed by atoms with Gasteiger partial charge in [-0.15, -0.1) is 0 Å². The summed E-state index contributed by atoms with van der Waals surface area (Å²) in [5.41, 5.74) is 0. The van der Waals surface area contributed by atoms with E-state index in [-0.39, 0.29) is 44.8 Å². The summed E-state index contributed by atoms with van der Waals surface area (Å²) >= 11 is 17.7. The fourth-order valence-corrected chi connectivity index (χ4v) is 4.47. The molecule has 0 amide bonds. The van der Waals surface area contributed by atoms with Crippen molar-refractivity contribution >= 4 is 50.8 Å². The average molecular weight is 441 g/mol. The molecule has 0 atom stereocenters. The van der Waals surface area contributed by atoms with Crippen molar-refractivity contribution in [1.29, 1.82) is 0 Å². The van der Waals surface area contributed by atoms with E-state index >= 15 is 0 Å². The Kier molecular flexibility index (Phi) is 5.81. The predicted molar refractivity (Wildman–Crippen MR) is 94.7 cm³/mol. The highest BCUT2D eigenvalue weighted by molar-refractivity contribution is 7.89. The second kappa shape index (κ2) is 7.75. The lowest BCUT2D eigenvalue weighted by atomic mass is 10.3. The molecule has 1 aliphatic rings. The lowest BCUT2D eigenvalue weighted by Gasteiger charge is -2.24. The number of hydrogen-bond acceptors (Lipinski definition) is 6. The topological polar surface area (TPSA) is 86.1 Å². The molecule has 7 nitrogen and oxygen atoms in total. The summed E-state index contributed by atoms with van der Waals surface area (Å²) in [5, 5.41) is -0.0246. The SMILES string of the molecule is O=C(Oc1c(Cl)cc(Cl)cc1Cl)c1ccc(S(=O)(=O)N2CCOCC2)o1. The molecule has 0 saturated carbocycles. The largest absolute Gasteiger partial charge is 0.436 e. The molecule has 2 heterocycles. The molecule has 1 aromatic carbocycles. The second-order valence-electron chi connectivity index (χ2n) is 5.22. The molecule has 0 aliphatic carbocycles. The van der Waals surface area contributed by atoms with Gasteiger partial charge in [-0.2, -0.15) is 4.31 Å². The van der Waals surface area contributed by atoms with Crippen molar-refractivity contribution in [2.24, 2.45) is 0 Å². The van der Waals surface area contributed by atoms with E-state index in [2.05, 4.69) is 0 Å². The van der Waals surface area contributed by atoms with Crippen LogP contribution in [0.5, 0.6) is 5.75 Å². The van der Waals surface area contributed by atoms with E-state index < -0.39 is 16.0 Å². The van der Waals surface area contributed by atoms with Crippen molar-refractivity contribution in [3.8, 4) is 5.75 Å². The van der Waals surface area contributed by atoms with Crippen LogP contribution < -0.4 is 4.74 Å². The summed E-state index contributed by atoms with van der Waals surface area (Å²) in [5.74, 6) is -1.35. The molecule has 140 valence electrons. The van der Waals surface area contributed by atoms with Crippen molar-refractivity contribution in [2.75, 3.05) is 26.3 Å². The number of carbonyl (C=O) groups is 1. The number of halogens is 3. The average Bonchev–Trinajstić information content (AvgIpc) is 3.09. The summed E-state index contributed by atoms with van der Waals surface area (Å²) in [6, 6.07) is 5.10. The molecule has 26 heavy (non-hydrogen) atoms. The Labute approximate surface area is 164 Å². The minimum atomic E-state index is -3.86. The smallest absolute Gasteiger partial charge is 0.379 e.